The first-order valence-electron chi connectivity index (χ1n) is 8.06. The first-order valence-corrected chi connectivity index (χ1v) is 8.06. The molecule has 0 spiro atoms. The number of carbonyl (C=O) groups is 1. The molecular weight excluding hydrogens is 324 g/mol. The average molecular weight is 346 g/mol. The van der Waals surface area contributed by atoms with Crippen LogP contribution >= 0.6 is 0 Å². The Labute approximate surface area is 145 Å². The molecule has 1 amide bonds. The smallest absolute Gasteiger partial charge is 0.312 e. The van der Waals surface area contributed by atoms with Crippen LogP contribution in [0.5, 0.6) is 0 Å². The Morgan fingerprint density at radius 1 is 1.32 bits per heavy atom. The average Bonchev–Trinajstić information content (AvgIpc) is 2.86. The molecule has 1 aromatic carbocycles. The number of rotatable bonds is 7. The molecule has 25 heavy (non-hydrogen) atoms. The number of hydrogen-bond donors (Lipinski definition) is 1. The molecule has 0 bridgehead atoms. The predicted molar refractivity (Wildman–Crippen MR) is 92.6 cm³/mol. The lowest BCUT2D eigenvalue weighted by Gasteiger charge is -2.19. The fraction of sp³-hybridized carbons (Fsp3) is 0.412. The van der Waals surface area contributed by atoms with Gasteiger partial charge >= 0.3 is 5.69 Å². The van der Waals surface area contributed by atoms with E-state index in [1.807, 2.05) is 19.1 Å². The van der Waals surface area contributed by atoms with Gasteiger partial charge in [0, 0.05) is 18.7 Å². The molecule has 2 aromatic rings. The molecule has 0 aliphatic heterocycles. The van der Waals surface area contributed by atoms with Crippen molar-refractivity contribution >= 4 is 11.6 Å². The second-order valence-corrected chi connectivity index (χ2v) is 5.74. The van der Waals surface area contributed by atoms with Crippen molar-refractivity contribution in [1.82, 2.24) is 14.7 Å². The van der Waals surface area contributed by atoms with Gasteiger partial charge in [0.05, 0.1) is 18.1 Å². The minimum absolute atomic E-state index is 0.0365. The second-order valence-electron chi connectivity index (χ2n) is 5.74. The van der Waals surface area contributed by atoms with E-state index in [9.17, 15) is 14.9 Å². The summed E-state index contributed by atoms with van der Waals surface area (Å²) in [6, 6.07) is 7.06. The van der Waals surface area contributed by atoms with Crippen LogP contribution in [0.1, 0.15) is 34.2 Å². The van der Waals surface area contributed by atoms with Crippen LogP contribution in [-0.4, -0.2) is 50.3 Å². The highest BCUT2D eigenvalue weighted by atomic mass is 16.6. The van der Waals surface area contributed by atoms with E-state index >= 15 is 0 Å². The van der Waals surface area contributed by atoms with E-state index in [0.717, 1.165) is 5.56 Å². The number of aromatic nitrogens is 2. The molecule has 0 saturated heterocycles. The molecule has 0 unspecified atom stereocenters. The van der Waals surface area contributed by atoms with Crippen LogP contribution < -0.4 is 0 Å². The Kier molecular flexibility index (Phi) is 5.87. The third-order valence-corrected chi connectivity index (χ3v) is 4.10. The Balaban J connectivity index is 2.17. The summed E-state index contributed by atoms with van der Waals surface area (Å²) >= 11 is 0. The number of likely N-dealkylation sites (N-methyl/N-ethyl adjacent to an activating group) is 1. The van der Waals surface area contributed by atoms with E-state index in [1.54, 1.807) is 35.6 Å². The van der Waals surface area contributed by atoms with Gasteiger partial charge in [0.1, 0.15) is 11.4 Å². The quantitative estimate of drug-likeness (QED) is 0.609. The van der Waals surface area contributed by atoms with E-state index in [4.69, 9.17) is 5.11 Å². The topological polar surface area (TPSA) is 102 Å². The first kappa shape index (κ1) is 18.6. The first-order chi connectivity index (χ1) is 11.9. The van der Waals surface area contributed by atoms with Crippen LogP contribution in [0.25, 0.3) is 0 Å². The molecule has 1 N–H and O–H groups in total. The fourth-order valence-electron chi connectivity index (χ4n) is 2.74. The highest BCUT2D eigenvalue weighted by Gasteiger charge is 2.21. The Bertz CT molecular complexity index is 768. The van der Waals surface area contributed by atoms with E-state index in [-0.39, 0.29) is 18.2 Å². The number of hydrogen-bond acceptors (Lipinski definition) is 5. The molecule has 8 heteroatoms. The van der Waals surface area contributed by atoms with Crippen molar-refractivity contribution in [3.63, 3.8) is 0 Å². The van der Waals surface area contributed by atoms with Gasteiger partial charge < -0.3 is 10.0 Å². The summed E-state index contributed by atoms with van der Waals surface area (Å²) in [7, 11) is 0. The molecule has 0 aliphatic carbocycles. The number of nitro groups is 1. The molecule has 8 nitrogen and oxygen atoms in total. The molecule has 0 aliphatic rings. The molecule has 0 radical (unpaired) electrons. The minimum atomic E-state index is -0.420. The maximum absolute atomic E-state index is 12.3. The Hall–Kier alpha value is -2.74. The van der Waals surface area contributed by atoms with Crippen LogP contribution in [0.15, 0.2) is 24.3 Å². The molecule has 0 atom stereocenters. The third-order valence-electron chi connectivity index (χ3n) is 4.10. The highest BCUT2D eigenvalue weighted by molar-refractivity contribution is 5.94. The second kappa shape index (κ2) is 7.89. The maximum Gasteiger partial charge on any atom is 0.312 e. The largest absolute Gasteiger partial charge is 0.395 e. The van der Waals surface area contributed by atoms with Crippen LogP contribution in [0.3, 0.4) is 0 Å². The summed E-state index contributed by atoms with van der Waals surface area (Å²) in [6.07, 6.45) is 0. The number of aryl methyl sites for hydroxylation is 1. The van der Waals surface area contributed by atoms with Crippen molar-refractivity contribution in [2.24, 2.45) is 0 Å². The maximum atomic E-state index is 12.3. The van der Waals surface area contributed by atoms with Crippen LogP contribution in [-0.2, 0) is 6.54 Å². The van der Waals surface area contributed by atoms with Gasteiger partial charge in [-0.25, -0.2) is 0 Å². The van der Waals surface area contributed by atoms with Crippen LogP contribution in [0.4, 0.5) is 5.69 Å². The van der Waals surface area contributed by atoms with Crippen molar-refractivity contribution in [1.29, 1.82) is 0 Å². The highest BCUT2D eigenvalue weighted by Crippen LogP contribution is 2.22. The summed E-state index contributed by atoms with van der Waals surface area (Å²) < 4.78 is 1.59. The number of amides is 1. The van der Waals surface area contributed by atoms with Gasteiger partial charge in [-0.05, 0) is 38.5 Å². The molecule has 0 saturated carbocycles. The lowest BCUT2D eigenvalue weighted by molar-refractivity contribution is -0.386. The molecule has 1 aromatic heterocycles. The van der Waals surface area contributed by atoms with Gasteiger partial charge in [-0.15, -0.1) is 0 Å². The van der Waals surface area contributed by atoms with Crippen molar-refractivity contribution in [3.8, 4) is 0 Å². The monoisotopic (exact) mass is 346 g/mol. The molecule has 1 heterocycles. The summed E-state index contributed by atoms with van der Waals surface area (Å²) in [5.41, 5.74) is 2.36. The predicted octanol–water partition coefficient (Wildman–Crippen LogP) is 1.91. The van der Waals surface area contributed by atoms with E-state index in [2.05, 4.69) is 5.10 Å². The van der Waals surface area contributed by atoms with Crippen LogP contribution in [0, 0.1) is 24.0 Å². The summed E-state index contributed by atoms with van der Waals surface area (Å²) in [5.74, 6) is -0.134. The van der Waals surface area contributed by atoms with Crippen molar-refractivity contribution in [2.75, 3.05) is 19.7 Å². The van der Waals surface area contributed by atoms with Crippen molar-refractivity contribution < 1.29 is 14.8 Å². The van der Waals surface area contributed by atoms with E-state index in [1.165, 1.54) is 0 Å². The summed E-state index contributed by atoms with van der Waals surface area (Å²) in [6.45, 7) is 6.28. The minimum Gasteiger partial charge on any atom is -0.395 e. The number of aliphatic hydroxyl groups is 1. The van der Waals surface area contributed by atoms with E-state index in [0.29, 0.717) is 36.6 Å². The van der Waals surface area contributed by atoms with Crippen LogP contribution in [0.2, 0.25) is 0 Å². The van der Waals surface area contributed by atoms with Gasteiger partial charge in [0.25, 0.3) is 5.91 Å². The summed E-state index contributed by atoms with van der Waals surface area (Å²) in [4.78, 5) is 24.5. The molecular formula is C17H22N4O4. The van der Waals surface area contributed by atoms with Crippen molar-refractivity contribution in [2.45, 2.75) is 27.3 Å². The number of aliphatic hydroxyl groups excluding tert-OH is 1. The van der Waals surface area contributed by atoms with E-state index < -0.39 is 4.92 Å². The zero-order chi connectivity index (χ0) is 18.6. The molecule has 0 fully saturated rings. The van der Waals surface area contributed by atoms with Gasteiger partial charge in [0.2, 0.25) is 0 Å². The number of benzene rings is 1. The lowest BCUT2D eigenvalue weighted by Crippen LogP contribution is -2.33. The number of nitrogens with zero attached hydrogens (tertiary/aromatic N) is 4. The zero-order valence-corrected chi connectivity index (χ0v) is 14.6. The Morgan fingerprint density at radius 3 is 2.44 bits per heavy atom. The normalized spacial score (nSPS) is 10.7. The Morgan fingerprint density at radius 2 is 1.96 bits per heavy atom. The third kappa shape index (κ3) is 4.03. The fourth-order valence-corrected chi connectivity index (χ4v) is 2.74. The number of carbonyl (C=O) groups excluding carboxylic acids is 1. The molecule has 134 valence electrons. The lowest BCUT2D eigenvalue weighted by atomic mass is 10.1. The van der Waals surface area contributed by atoms with Gasteiger partial charge in [-0.2, -0.15) is 5.10 Å². The van der Waals surface area contributed by atoms with Gasteiger partial charge in [-0.1, -0.05) is 12.1 Å². The zero-order valence-electron chi connectivity index (χ0n) is 14.6. The molecule has 2 rings (SSSR count). The van der Waals surface area contributed by atoms with Crippen molar-refractivity contribution in [3.05, 3.63) is 56.9 Å². The standard InChI is InChI=1S/C17H22N4O4/c1-4-19(9-10-22)17(23)15-7-5-14(6-8-15)11-20-13(3)16(21(24)25)12(2)18-20/h5-8,22H,4,9-11H2,1-3H3. The van der Waals surface area contributed by atoms with Gasteiger partial charge in [-0.3, -0.25) is 19.6 Å². The van der Waals surface area contributed by atoms with Gasteiger partial charge in [0.15, 0.2) is 0 Å². The SMILES string of the molecule is CCN(CCO)C(=O)c1ccc(Cn2nc(C)c([N+](=O)[O-])c2C)cc1. The summed E-state index contributed by atoms with van der Waals surface area (Å²) in [5, 5.41) is 24.3.